The second kappa shape index (κ2) is 8.31. The molecule has 1 aromatic heterocycles. The standard InChI is InChI=1S/C21H22N4O3.ClH/c26-21-24(13-15-6-7-18-19(12-15)28-14-27-18)23-20(16-8-10-22-11-9-16)25(21)17-4-2-1-3-5-17;/h1-7,12,16,22H,8-11,13-14H2;1H. The monoisotopic (exact) mass is 414 g/mol. The van der Waals surface area contributed by atoms with Gasteiger partial charge in [-0.05, 0) is 55.8 Å². The predicted molar refractivity (Wildman–Crippen MR) is 112 cm³/mol. The molecule has 152 valence electrons. The Morgan fingerprint density at radius 2 is 1.79 bits per heavy atom. The Bertz CT molecular complexity index is 1040. The molecule has 3 aromatic rings. The number of hydrogen-bond donors (Lipinski definition) is 1. The molecule has 0 spiro atoms. The molecule has 0 radical (unpaired) electrons. The zero-order valence-electron chi connectivity index (χ0n) is 15.9. The average molecular weight is 415 g/mol. The number of hydrogen-bond acceptors (Lipinski definition) is 5. The van der Waals surface area contributed by atoms with E-state index in [1.54, 1.807) is 9.25 Å². The molecule has 2 aliphatic rings. The van der Waals surface area contributed by atoms with E-state index in [-0.39, 0.29) is 30.8 Å². The van der Waals surface area contributed by atoms with Gasteiger partial charge in [0.05, 0.1) is 12.2 Å². The number of nitrogens with zero attached hydrogens (tertiary/aromatic N) is 3. The molecule has 1 N–H and O–H groups in total. The molecule has 0 amide bonds. The molecule has 0 atom stereocenters. The zero-order valence-corrected chi connectivity index (χ0v) is 16.7. The highest BCUT2D eigenvalue weighted by atomic mass is 35.5. The summed E-state index contributed by atoms with van der Waals surface area (Å²) in [5.41, 5.74) is 1.70. The van der Waals surface area contributed by atoms with Crippen molar-refractivity contribution in [1.29, 1.82) is 0 Å². The Balaban J connectivity index is 0.00000205. The number of ether oxygens (including phenoxy) is 2. The van der Waals surface area contributed by atoms with Crippen LogP contribution in [0.25, 0.3) is 5.69 Å². The lowest BCUT2D eigenvalue weighted by Crippen LogP contribution is -2.29. The van der Waals surface area contributed by atoms with Crippen LogP contribution in [-0.2, 0) is 6.54 Å². The first kappa shape index (κ1) is 19.5. The van der Waals surface area contributed by atoms with Gasteiger partial charge < -0.3 is 14.8 Å². The van der Waals surface area contributed by atoms with Crippen LogP contribution >= 0.6 is 12.4 Å². The Morgan fingerprint density at radius 1 is 1.03 bits per heavy atom. The van der Waals surface area contributed by atoms with Crippen LogP contribution < -0.4 is 20.5 Å². The molecule has 2 aliphatic heterocycles. The fraction of sp³-hybridized carbons (Fsp3) is 0.333. The molecule has 0 bridgehead atoms. The van der Waals surface area contributed by atoms with Crippen LogP contribution in [0.4, 0.5) is 0 Å². The maximum absolute atomic E-state index is 13.3. The molecule has 1 saturated heterocycles. The van der Waals surface area contributed by atoms with E-state index in [9.17, 15) is 4.79 Å². The Kier molecular flexibility index (Phi) is 5.60. The van der Waals surface area contributed by atoms with E-state index >= 15 is 0 Å². The summed E-state index contributed by atoms with van der Waals surface area (Å²) in [5, 5.41) is 8.15. The molecular formula is C21H23ClN4O3. The third-order valence-electron chi connectivity index (χ3n) is 5.35. The van der Waals surface area contributed by atoms with Crippen molar-refractivity contribution in [3.63, 3.8) is 0 Å². The average Bonchev–Trinajstić information content (AvgIpc) is 3.34. The predicted octanol–water partition coefficient (Wildman–Crippen LogP) is 2.70. The van der Waals surface area contributed by atoms with Gasteiger partial charge in [-0.1, -0.05) is 24.3 Å². The molecule has 2 aromatic carbocycles. The van der Waals surface area contributed by atoms with Gasteiger partial charge in [0.15, 0.2) is 11.5 Å². The summed E-state index contributed by atoms with van der Waals surface area (Å²) >= 11 is 0. The molecule has 3 heterocycles. The van der Waals surface area contributed by atoms with Gasteiger partial charge in [0, 0.05) is 5.92 Å². The van der Waals surface area contributed by atoms with Gasteiger partial charge in [0.2, 0.25) is 6.79 Å². The summed E-state index contributed by atoms with van der Waals surface area (Å²) in [6, 6.07) is 15.5. The van der Waals surface area contributed by atoms with Crippen LogP contribution in [-0.4, -0.2) is 34.2 Å². The number of aromatic nitrogens is 3. The van der Waals surface area contributed by atoms with Gasteiger partial charge in [-0.3, -0.25) is 0 Å². The number of halogens is 1. The lowest BCUT2D eigenvalue weighted by Gasteiger charge is -2.22. The molecule has 1 fully saturated rings. The van der Waals surface area contributed by atoms with Crippen molar-refractivity contribution >= 4 is 12.4 Å². The minimum absolute atomic E-state index is 0. The molecule has 7 nitrogen and oxygen atoms in total. The fourth-order valence-electron chi connectivity index (χ4n) is 3.90. The first-order valence-electron chi connectivity index (χ1n) is 9.64. The quantitative estimate of drug-likeness (QED) is 0.710. The van der Waals surface area contributed by atoms with Gasteiger partial charge in [-0.15, -0.1) is 12.4 Å². The lowest BCUT2D eigenvalue weighted by atomic mass is 9.97. The van der Waals surface area contributed by atoms with Crippen molar-refractivity contribution < 1.29 is 9.47 Å². The highest BCUT2D eigenvalue weighted by molar-refractivity contribution is 5.85. The summed E-state index contributed by atoms with van der Waals surface area (Å²) < 4.78 is 14.2. The third kappa shape index (κ3) is 3.75. The topological polar surface area (TPSA) is 70.3 Å². The molecule has 5 rings (SSSR count). The van der Waals surface area contributed by atoms with Gasteiger partial charge in [0.25, 0.3) is 0 Å². The van der Waals surface area contributed by atoms with E-state index in [4.69, 9.17) is 14.6 Å². The third-order valence-corrected chi connectivity index (χ3v) is 5.35. The SMILES string of the molecule is Cl.O=c1n(Cc2ccc3c(c2)OCO3)nc(C2CCNCC2)n1-c1ccccc1. The van der Waals surface area contributed by atoms with Crippen LogP contribution in [0, 0.1) is 0 Å². The molecule has 29 heavy (non-hydrogen) atoms. The van der Waals surface area contributed by atoms with Crippen LogP contribution in [0.3, 0.4) is 0 Å². The maximum atomic E-state index is 13.3. The van der Waals surface area contributed by atoms with Crippen molar-refractivity contribution in [2.24, 2.45) is 0 Å². The number of piperidine rings is 1. The second-order valence-corrected chi connectivity index (χ2v) is 7.18. The molecule has 0 saturated carbocycles. The van der Waals surface area contributed by atoms with E-state index in [0.717, 1.165) is 48.8 Å². The zero-order chi connectivity index (χ0) is 18.9. The summed E-state index contributed by atoms with van der Waals surface area (Å²) in [6.07, 6.45) is 1.96. The maximum Gasteiger partial charge on any atom is 0.350 e. The Labute approximate surface area is 174 Å². The first-order chi connectivity index (χ1) is 13.8. The highest BCUT2D eigenvalue weighted by Gasteiger charge is 2.25. The summed E-state index contributed by atoms with van der Waals surface area (Å²) in [4.78, 5) is 13.3. The van der Waals surface area contributed by atoms with Crippen LogP contribution in [0.1, 0.15) is 30.1 Å². The molecular weight excluding hydrogens is 392 g/mol. The Hall–Kier alpha value is -2.77. The van der Waals surface area contributed by atoms with Crippen molar-refractivity contribution in [2.45, 2.75) is 25.3 Å². The summed E-state index contributed by atoms with van der Waals surface area (Å²) in [7, 11) is 0. The number of benzene rings is 2. The minimum Gasteiger partial charge on any atom is -0.454 e. The fourth-order valence-corrected chi connectivity index (χ4v) is 3.90. The number of rotatable bonds is 4. The largest absolute Gasteiger partial charge is 0.454 e. The molecule has 0 aliphatic carbocycles. The number of fused-ring (bicyclic) bond motifs is 1. The first-order valence-corrected chi connectivity index (χ1v) is 9.64. The minimum atomic E-state index is -0.114. The normalized spacial score (nSPS) is 15.9. The lowest BCUT2D eigenvalue weighted by molar-refractivity contribution is 0.174. The van der Waals surface area contributed by atoms with Crippen LogP contribution in [0.15, 0.2) is 53.3 Å². The van der Waals surface area contributed by atoms with Crippen LogP contribution in [0.2, 0.25) is 0 Å². The van der Waals surface area contributed by atoms with E-state index < -0.39 is 0 Å². The molecule has 0 unspecified atom stereocenters. The van der Waals surface area contributed by atoms with Gasteiger partial charge in [0.1, 0.15) is 5.82 Å². The van der Waals surface area contributed by atoms with Gasteiger partial charge >= 0.3 is 5.69 Å². The van der Waals surface area contributed by atoms with Crippen LogP contribution in [0.5, 0.6) is 11.5 Å². The van der Waals surface area contributed by atoms with E-state index in [2.05, 4.69) is 5.32 Å². The number of para-hydroxylation sites is 1. The molecule has 8 heteroatoms. The van der Waals surface area contributed by atoms with Gasteiger partial charge in [-0.25, -0.2) is 14.0 Å². The van der Waals surface area contributed by atoms with E-state index in [0.29, 0.717) is 12.3 Å². The smallest absolute Gasteiger partial charge is 0.350 e. The van der Waals surface area contributed by atoms with Crippen molar-refractivity contribution in [2.75, 3.05) is 19.9 Å². The Morgan fingerprint density at radius 3 is 2.59 bits per heavy atom. The summed E-state index contributed by atoms with van der Waals surface area (Å²) in [6.45, 7) is 2.53. The van der Waals surface area contributed by atoms with Crippen molar-refractivity contribution in [3.05, 3.63) is 70.4 Å². The number of nitrogens with one attached hydrogen (secondary N) is 1. The van der Waals surface area contributed by atoms with E-state index in [1.807, 2.05) is 48.5 Å². The van der Waals surface area contributed by atoms with Gasteiger partial charge in [-0.2, -0.15) is 5.10 Å². The second-order valence-electron chi connectivity index (χ2n) is 7.18. The van der Waals surface area contributed by atoms with E-state index in [1.165, 1.54) is 0 Å². The highest BCUT2D eigenvalue weighted by Crippen LogP contribution is 2.32. The van der Waals surface area contributed by atoms with Crippen molar-refractivity contribution in [3.8, 4) is 17.2 Å². The van der Waals surface area contributed by atoms with Crippen molar-refractivity contribution in [1.82, 2.24) is 19.7 Å². The summed E-state index contributed by atoms with van der Waals surface area (Å²) in [5.74, 6) is 2.57.